The normalized spacial score (nSPS) is 16.0. The summed E-state index contributed by atoms with van der Waals surface area (Å²) in [7, 11) is -3.61. The van der Waals surface area contributed by atoms with Crippen LogP contribution in [0.25, 0.3) is 0 Å². The van der Waals surface area contributed by atoms with E-state index in [1.165, 1.54) is 23.9 Å². The minimum atomic E-state index is -3.61. The standard InChI is InChI=1S/C19H24FN3O2S/c1-14-11-18(3-4-19(14)20)26(24,25)22-13-16-6-9-23(10-7-16)17-5-8-21-15(2)12-17/h3-5,8,11-12,16,22H,6-7,9-10,13H2,1-2H3. The van der Waals surface area contributed by atoms with Crippen LogP contribution in [0, 0.1) is 25.6 Å². The van der Waals surface area contributed by atoms with Gasteiger partial charge in [-0.25, -0.2) is 17.5 Å². The van der Waals surface area contributed by atoms with E-state index in [1.807, 2.05) is 19.2 Å². The molecule has 5 nitrogen and oxygen atoms in total. The largest absolute Gasteiger partial charge is 0.371 e. The molecular weight excluding hydrogens is 353 g/mol. The Morgan fingerprint density at radius 3 is 2.58 bits per heavy atom. The van der Waals surface area contributed by atoms with Crippen molar-refractivity contribution in [1.29, 1.82) is 0 Å². The van der Waals surface area contributed by atoms with Crippen LogP contribution >= 0.6 is 0 Å². The van der Waals surface area contributed by atoms with Gasteiger partial charge in [0.1, 0.15) is 5.82 Å². The highest BCUT2D eigenvalue weighted by atomic mass is 32.2. The van der Waals surface area contributed by atoms with Crippen LogP contribution in [0.1, 0.15) is 24.1 Å². The Kier molecular flexibility index (Phi) is 5.58. The molecule has 1 fully saturated rings. The molecular formula is C19H24FN3O2S. The van der Waals surface area contributed by atoms with Crippen molar-refractivity contribution in [3.05, 3.63) is 53.6 Å². The van der Waals surface area contributed by atoms with Gasteiger partial charge in [0, 0.05) is 37.2 Å². The third-order valence-electron chi connectivity index (χ3n) is 4.86. The van der Waals surface area contributed by atoms with Gasteiger partial charge in [0.15, 0.2) is 0 Å². The number of rotatable bonds is 5. The summed E-state index contributed by atoms with van der Waals surface area (Å²) in [6, 6.07) is 7.94. The first-order valence-corrected chi connectivity index (χ1v) is 10.3. The maximum Gasteiger partial charge on any atom is 0.240 e. The van der Waals surface area contributed by atoms with Gasteiger partial charge >= 0.3 is 0 Å². The maximum atomic E-state index is 13.3. The summed E-state index contributed by atoms with van der Waals surface area (Å²) in [6.45, 7) is 5.73. The van der Waals surface area contributed by atoms with Gasteiger partial charge in [-0.2, -0.15) is 0 Å². The molecule has 1 aromatic heterocycles. The third-order valence-corrected chi connectivity index (χ3v) is 6.28. The molecule has 1 N–H and O–H groups in total. The number of sulfonamides is 1. The van der Waals surface area contributed by atoms with E-state index in [0.29, 0.717) is 18.0 Å². The van der Waals surface area contributed by atoms with Crippen LogP contribution < -0.4 is 9.62 Å². The highest BCUT2D eigenvalue weighted by Gasteiger charge is 2.22. The van der Waals surface area contributed by atoms with Crippen LogP contribution in [0.2, 0.25) is 0 Å². The van der Waals surface area contributed by atoms with Gasteiger partial charge in [-0.1, -0.05) is 0 Å². The number of nitrogens with zero attached hydrogens (tertiary/aromatic N) is 2. The summed E-state index contributed by atoms with van der Waals surface area (Å²) >= 11 is 0. The van der Waals surface area contributed by atoms with Crippen LogP contribution in [0.5, 0.6) is 0 Å². The lowest BCUT2D eigenvalue weighted by Gasteiger charge is -2.33. The summed E-state index contributed by atoms with van der Waals surface area (Å²) in [5.41, 5.74) is 2.49. The van der Waals surface area contributed by atoms with Gasteiger partial charge in [0.25, 0.3) is 0 Å². The van der Waals surface area contributed by atoms with E-state index in [2.05, 4.69) is 20.7 Å². The van der Waals surface area contributed by atoms with Gasteiger partial charge in [0.2, 0.25) is 10.0 Å². The predicted octanol–water partition coefficient (Wildman–Crippen LogP) is 3.03. The third kappa shape index (κ3) is 4.40. The van der Waals surface area contributed by atoms with Crippen LogP contribution in [0.3, 0.4) is 0 Å². The fourth-order valence-electron chi connectivity index (χ4n) is 3.22. The van der Waals surface area contributed by atoms with E-state index < -0.39 is 15.8 Å². The van der Waals surface area contributed by atoms with Gasteiger partial charge in [0.05, 0.1) is 4.90 Å². The first-order valence-electron chi connectivity index (χ1n) is 8.78. The Balaban J connectivity index is 1.55. The lowest BCUT2D eigenvalue weighted by Crippen LogP contribution is -2.38. The van der Waals surface area contributed by atoms with E-state index in [-0.39, 0.29) is 4.90 Å². The molecule has 0 radical (unpaired) electrons. The molecule has 7 heteroatoms. The molecule has 2 aromatic rings. The minimum absolute atomic E-state index is 0.112. The number of piperidine rings is 1. The number of hydrogen-bond donors (Lipinski definition) is 1. The number of halogens is 1. The van der Waals surface area contributed by atoms with Crippen molar-refractivity contribution in [1.82, 2.24) is 9.71 Å². The summed E-state index contributed by atoms with van der Waals surface area (Å²) < 4.78 is 40.8. The molecule has 0 saturated carbocycles. The second-order valence-electron chi connectivity index (χ2n) is 6.85. The number of nitrogens with one attached hydrogen (secondary N) is 1. The number of pyridine rings is 1. The first-order chi connectivity index (χ1) is 12.3. The van der Waals surface area contributed by atoms with Crippen LogP contribution in [-0.2, 0) is 10.0 Å². The second-order valence-corrected chi connectivity index (χ2v) is 8.62. The summed E-state index contributed by atoms with van der Waals surface area (Å²) in [5, 5.41) is 0. The molecule has 3 rings (SSSR count). The fraction of sp³-hybridized carbons (Fsp3) is 0.421. The number of aryl methyl sites for hydroxylation is 2. The Bertz CT molecular complexity index is 878. The molecule has 0 unspecified atom stereocenters. The van der Waals surface area contributed by atoms with Crippen molar-refractivity contribution in [2.24, 2.45) is 5.92 Å². The monoisotopic (exact) mass is 377 g/mol. The van der Waals surface area contributed by atoms with Crippen molar-refractivity contribution in [3.63, 3.8) is 0 Å². The molecule has 1 aliphatic heterocycles. The minimum Gasteiger partial charge on any atom is -0.371 e. The van der Waals surface area contributed by atoms with Crippen LogP contribution in [0.4, 0.5) is 10.1 Å². The summed E-state index contributed by atoms with van der Waals surface area (Å²) in [4.78, 5) is 6.64. The van der Waals surface area contributed by atoms with Crippen molar-refractivity contribution >= 4 is 15.7 Å². The molecule has 1 aliphatic rings. The quantitative estimate of drug-likeness (QED) is 0.870. The zero-order valence-corrected chi connectivity index (χ0v) is 15.9. The van der Waals surface area contributed by atoms with Gasteiger partial charge in [-0.3, -0.25) is 4.98 Å². The molecule has 0 bridgehead atoms. The second kappa shape index (κ2) is 7.72. The fourth-order valence-corrected chi connectivity index (χ4v) is 4.42. The van der Waals surface area contributed by atoms with Gasteiger partial charge in [-0.15, -0.1) is 0 Å². The number of anilines is 1. The molecule has 140 valence electrons. The number of hydrogen-bond acceptors (Lipinski definition) is 4. The van der Waals surface area contributed by atoms with Crippen LogP contribution in [0.15, 0.2) is 41.4 Å². The van der Waals surface area contributed by atoms with Crippen molar-refractivity contribution in [3.8, 4) is 0 Å². The van der Waals surface area contributed by atoms with Crippen LogP contribution in [-0.4, -0.2) is 33.0 Å². The predicted molar refractivity (Wildman–Crippen MR) is 100 cm³/mol. The molecule has 1 saturated heterocycles. The average Bonchev–Trinajstić information content (AvgIpc) is 2.63. The highest BCUT2D eigenvalue weighted by Crippen LogP contribution is 2.23. The average molecular weight is 377 g/mol. The molecule has 2 heterocycles. The van der Waals surface area contributed by atoms with E-state index in [0.717, 1.165) is 31.6 Å². The Morgan fingerprint density at radius 2 is 1.92 bits per heavy atom. The first kappa shape index (κ1) is 18.8. The van der Waals surface area contributed by atoms with Gasteiger partial charge < -0.3 is 4.90 Å². The molecule has 1 aromatic carbocycles. The molecule has 0 amide bonds. The summed E-state index contributed by atoms with van der Waals surface area (Å²) in [5.74, 6) is -0.104. The lowest BCUT2D eigenvalue weighted by molar-refractivity contribution is 0.402. The van der Waals surface area contributed by atoms with Crippen molar-refractivity contribution < 1.29 is 12.8 Å². The topological polar surface area (TPSA) is 62.3 Å². The molecule has 26 heavy (non-hydrogen) atoms. The highest BCUT2D eigenvalue weighted by molar-refractivity contribution is 7.89. The Hall–Kier alpha value is -1.99. The lowest BCUT2D eigenvalue weighted by atomic mass is 9.97. The zero-order chi connectivity index (χ0) is 18.7. The Labute approximate surface area is 154 Å². The smallest absolute Gasteiger partial charge is 0.240 e. The number of aromatic nitrogens is 1. The van der Waals surface area contributed by atoms with E-state index in [4.69, 9.17) is 0 Å². The zero-order valence-electron chi connectivity index (χ0n) is 15.1. The van der Waals surface area contributed by atoms with Gasteiger partial charge in [-0.05, 0) is 68.5 Å². The molecule has 0 spiro atoms. The maximum absolute atomic E-state index is 13.3. The molecule has 0 aliphatic carbocycles. The summed E-state index contributed by atoms with van der Waals surface area (Å²) in [6.07, 6.45) is 3.66. The SMILES string of the molecule is Cc1cc(N2CCC(CNS(=O)(=O)c3ccc(F)c(C)c3)CC2)ccn1. The van der Waals surface area contributed by atoms with Crippen molar-refractivity contribution in [2.45, 2.75) is 31.6 Å². The molecule has 0 atom stereocenters. The number of benzene rings is 1. The van der Waals surface area contributed by atoms with Crippen molar-refractivity contribution in [2.75, 3.05) is 24.5 Å². The van der Waals surface area contributed by atoms with E-state index >= 15 is 0 Å². The van der Waals surface area contributed by atoms with E-state index in [1.54, 1.807) is 6.92 Å². The van der Waals surface area contributed by atoms with E-state index in [9.17, 15) is 12.8 Å². The Morgan fingerprint density at radius 1 is 1.19 bits per heavy atom.